The van der Waals surface area contributed by atoms with Gasteiger partial charge >= 0.3 is 0 Å². The van der Waals surface area contributed by atoms with Gasteiger partial charge in [0.25, 0.3) is 0 Å². The highest BCUT2D eigenvalue weighted by Crippen LogP contribution is 2.29. The molecule has 15 heavy (non-hydrogen) atoms. The van der Waals surface area contributed by atoms with Gasteiger partial charge in [-0.2, -0.15) is 0 Å². The fourth-order valence-electron chi connectivity index (χ4n) is 1.93. The molecule has 1 aliphatic carbocycles. The van der Waals surface area contributed by atoms with Crippen LogP contribution in [-0.2, 0) is 0 Å². The monoisotopic (exact) mass is 226 g/mol. The summed E-state index contributed by atoms with van der Waals surface area (Å²) in [6, 6.07) is 1.68. The fourth-order valence-corrected chi connectivity index (χ4v) is 2.09. The zero-order valence-corrected chi connectivity index (χ0v) is 9.33. The summed E-state index contributed by atoms with van der Waals surface area (Å²) in [6.07, 6.45) is 6.69. The largest absolute Gasteiger partial charge is 0.492 e. The van der Waals surface area contributed by atoms with Crippen molar-refractivity contribution in [1.29, 1.82) is 0 Å². The van der Waals surface area contributed by atoms with E-state index in [0.717, 1.165) is 6.61 Å². The SMILES string of the molecule is Nc1cc(OCC2CCCC2)c(Cl)cn1. The van der Waals surface area contributed by atoms with E-state index in [1.165, 1.54) is 31.9 Å². The maximum Gasteiger partial charge on any atom is 0.143 e. The Morgan fingerprint density at radius 1 is 1.47 bits per heavy atom. The van der Waals surface area contributed by atoms with Gasteiger partial charge in [0.15, 0.2) is 0 Å². The van der Waals surface area contributed by atoms with Crippen molar-refractivity contribution in [3.8, 4) is 5.75 Å². The van der Waals surface area contributed by atoms with E-state index in [9.17, 15) is 0 Å². The van der Waals surface area contributed by atoms with Crippen molar-refractivity contribution in [3.05, 3.63) is 17.3 Å². The Balaban J connectivity index is 1.94. The van der Waals surface area contributed by atoms with Gasteiger partial charge in [-0.3, -0.25) is 0 Å². The minimum atomic E-state index is 0.445. The number of nitrogen functional groups attached to an aromatic ring is 1. The molecule has 3 nitrogen and oxygen atoms in total. The average Bonchev–Trinajstić information content (AvgIpc) is 2.72. The predicted octanol–water partition coefficient (Wildman–Crippen LogP) is 2.89. The van der Waals surface area contributed by atoms with Crippen molar-refractivity contribution >= 4 is 17.4 Å². The van der Waals surface area contributed by atoms with Crippen molar-refractivity contribution in [2.75, 3.05) is 12.3 Å². The van der Waals surface area contributed by atoms with Crippen LogP contribution < -0.4 is 10.5 Å². The van der Waals surface area contributed by atoms with Crippen LogP contribution in [0, 0.1) is 5.92 Å². The zero-order valence-electron chi connectivity index (χ0n) is 8.58. The molecule has 0 radical (unpaired) electrons. The summed E-state index contributed by atoms with van der Waals surface area (Å²) in [4.78, 5) is 3.88. The van der Waals surface area contributed by atoms with Gasteiger partial charge in [0.1, 0.15) is 16.6 Å². The third kappa shape index (κ3) is 2.75. The van der Waals surface area contributed by atoms with Crippen molar-refractivity contribution in [1.82, 2.24) is 4.98 Å². The molecule has 1 aromatic rings. The van der Waals surface area contributed by atoms with Crippen LogP contribution in [0.4, 0.5) is 5.82 Å². The second-order valence-electron chi connectivity index (χ2n) is 4.00. The number of rotatable bonds is 3. The quantitative estimate of drug-likeness (QED) is 0.862. The first-order valence-electron chi connectivity index (χ1n) is 5.29. The number of nitrogens with zero attached hydrogens (tertiary/aromatic N) is 1. The van der Waals surface area contributed by atoms with Crippen LogP contribution in [0.15, 0.2) is 12.3 Å². The van der Waals surface area contributed by atoms with Gasteiger partial charge in [-0.15, -0.1) is 0 Å². The Labute approximate surface area is 94.6 Å². The maximum absolute atomic E-state index is 5.94. The zero-order chi connectivity index (χ0) is 10.7. The highest BCUT2D eigenvalue weighted by atomic mass is 35.5. The Hall–Kier alpha value is -0.960. The van der Waals surface area contributed by atoms with E-state index in [2.05, 4.69) is 4.98 Å². The number of hydrogen-bond acceptors (Lipinski definition) is 3. The topological polar surface area (TPSA) is 48.1 Å². The summed E-state index contributed by atoms with van der Waals surface area (Å²) in [6.45, 7) is 0.739. The third-order valence-corrected chi connectivity index (χ3v) is 3.07. The first-order chi connectivity index (χ1) is 7.25. The molecule has 2 rings (SSSR count). The molecule has 0 atom stereocenters. The molecule has 1 aliphatic rings. The van der Waals surface area contributed by atoms with Gasteiger partial charge in [0.2, 0.25) is 0 Å². The summed E-state index contributed by atoms with van der Waals surface area (Å²) in [5, 5.41) is 0.530. The van der Waals surface area contributed by atoms with Gasteiger partial charge in [0, 0.05) is 6.07 Å². The van der Waals surface area contributed by atoms with Crippen molar-refractivity contribution in [3.63, 3.8) is 0 Å². The second kappa shape index (κ2) is 4.71. The molecule has 0 saturated heterocycles. The van der Waals surface area contributed by atoms with Crippen LogP contribution in [0.3, 0.4) is 0 Å². The van der Waals surface area contributed by atoms with Crippen molar-refractivity contribution < 1.29 is 4.74 Å². The van der Waals surface area contributed by atoms with Gasteiger partial charge in [0.05, 0.1) is 12.8 Å². The van der Waals surface area contributed by atoms with E-state index in [1.54, 1.807) is 6.07 Å². The minimum Gasteiger partial charge on any atom is -0.492 e. The molecule has 1 fully saturated rings. The molecule has 0 bridgehead atoms. The molecule has 1 heterocycles. The number of pyridine rings is 1. The van der Waals surface area contributed by atoms with E-state index in [1.807, 2.05) is 0 Å². The second-order valence-corrected chi connectivity index (χ2v) is 4.41. The third-order valence-electron chi connectivity index (χ3n) is 2.79. The van der Waals surface area contributed by atoms with Gasteiger partial charge in [-0.05, 0) is 18.8 Å². The van der Waals surface area contributed by atoms with Gasteiger partial charge < -0.3 is 10.5 Å². The number of aromatic nitrogens is 1. The smallest absolute Gasteiger partial charge is 0.143 e. The van der Waals surface area contributed by atoms with Gasteiger partial charge in [-0.25, -0.2) is 4.98 Å². The van der Waals surface area contributed by atoms with E-state index in [-0.39, 0.29) is 0 Å². The summed E-state index contributed by atoms with van der Waals surface area (Å²) in [7, 11) is 0. The van der Waals surface area contributed by atoms with Crippen LogP contribution >= 0.6 is 11.6 Å². The molecule has 1 saturated carbocycles. The minimum absolute atomic E-state index is 0.445. The van der Waals surface area contributed by atoms with Crippen molar-refractivity contribution in [2.45, 2.75) is 25.7 Å². The predicted molar refractivity (Wildman–Crippen MR) is 61.1 cm³/mol. The van der Waals surface area contributed by atoms with Gasteiger partial charge in [-0.1, -0.05) is 24.4 Å². The van der Waals surface area contributed by atoms with E-state index in [0.29, 0.717) is 22.5 Å². The lowest BCUT2D eigenvalue weighted by Crippen LogP contribution is -2.08. The van der Waals surface area contributed by atoms with Crippen LogP contribution in [0.1, 0.15) is 25.7 Å². The van der Waals surface area contributed by atoms with E-state index >= 15 is 0 Å². The molecular weight excluding hydrogens is 212 g/mol. The Kier molecular flexibility index (Phi) is 3.31. The summed E-state index contributed by atoms with van der Waals surface area (Å²) in [5.41, 5.74) is 5.56. The molecule has 0 aromatic carbocycles. The normalized spacial score (nSPS) is 16.9. The van der Waals surface area contributed by atoms with Crippen molar-refractivity contribution in [2.24, 2.45) is 5.92 Å². The molecule has 0 amide bonds. The lowest BCUT2D eigenvalue weighted by molar-refractivity contribution is 0.252. The first-order valence-corrected chi connectivity index (χ1v) is 5.67. The Morgan fingerprint density at radius 3 is 2.93 bits per heavy atom. The number of halogens is 1. The molecule has 82 valence electrons. The Bertz CT molecular complexity index is 337. The first kappa shape index (κ1) is 10.6. The molecule has 0 spiro atoms. The van der Waals surface area contributed by atoms with E-state index in [4.69, 9.17) is 22.1 Å². The molecule has 2 N–H and O–H groups in total. The molecule has 4 heteroatoms. The number of ether oxygens (including phenoxy) is 1. The molecule has 0 aliphatic heterocycles. The van der Waals surface area contributed by atoms with Crippen LogP contribution in [-0.4, -0.2) is 11.6 Å². The lowest BCUT2D eigenvalue weighted by atomic mass is 10.1. The summed E-state index contributed by atoms with van der Waals surface area (Å²) >= 11 is 5.94. The highest BCUT2D eigenvalue weighted by Gasteiger charge is 2.16. The summed E-state index contributed by atoms with van der Waals surface area (Å²) in [5.74, 6) is 1.77. The number of hydrogen-bond donors (Lipinski definition) is 1. The van der Waals surface area contributed by atoms with E-state index < -0.39 is 0 Å². The maximum atomic E-state index is 5.94. The number of anilines is 1. The standard InChI is InChI=1S/C11H15ClN2O/c12-9-6-14-11(13)5-10(9)15-7-8-3-1-2-4-8/h5-6,8H,1-4,7H2,(H2,13,14). The highest BCUT2D eigenvalue weighted by molar-refractivity contribution is 6.31. The Morgan fingerprint density at radius 2 is 2.20 bits per heavy atom. The molecule has 1 aromatic heterocycles. The fraction of sp³-hybridized carbons (Fsp3) is 0.545. The van der Waals surface area contributed by atoms with Crippen LogP contribution in [0.5, 0.6) is 5.75 Å². The average molecular weight is 227 g/mol. The molecule has 0 unspecified atom stereocenters. The molecular formula is C11H15ClN2O. The van der Waals surface area contributed by atoms with Crippen LogP contribution in [0.25, 0.3) is 0 Å². The number of nitrogens with two attached hydrogens (primary N) is 1. The lowest BCUT2D eigenvalue weighted by Gasteiger charge is -2.12. The summed E-state index contributed by atoms with van der Waals surface area (Å²) < 4.78 is 5.65. The van der Waals surface area contributed by atoms with Crippen LogP contribution in [0.2, 0.25) is 5.02 Å².